The molecule has 0 amide bonds. The van der Waals surface area contributed by atoms with Gasteiger partial charge in [-0.05, 0) is 38.7 Å². The molecule has 0 unspecified atom stereocenters. The van der Waals surface area contributed by atoms with Crippen LogP contribution in [0.2, 0.25) is 0 Å². The van der Waals surface area contributed by atoms with Crippen molar-refractivity contribution < 1.29 is 0 Å². The van der Waals surface area contributed by atoms with Crippen LogP contribution in [-0.4, -0.2) is 48.3 Å². The lowest BCUT2D eigenvalue weighted by atomic mass is 10.2. The molecule has 0 aliphatic heterocycles. The highest BCUT2D eigenvalue weighted by atomic mass is 15.4. The zero-order chi connectivity index (χ0) is 18.4. The van der Waals surface area contributed by atoms with Gasteiger partial charge in [-0.25, -0.2) is 10.4 Å². The van der Waals surface area contributed by atoms with Crippen molar-refractivity contribution in [2.45, 2.75) is 6.92 Å². The third kappa shape index (κ3) is 4.77. The minimum atomic E-state index is 0.472. The van der Waals surface area contributed by atoms with Gasteiger partial charge >= 0.3 is 0 Å². The summed E-state index contributed by atoms with van der Waals surface area (Å²) in [7, 11) is 4.10. The van der Waals surface area contributed by atoms with E-state index in [-0.39, 0.29) is 0 Å². The number of likely N-dealkylation sites (N-methyl/N-ethyl adjacent to an activating group) is 1. The zero-order valence-corrected chi connectivity index (χ0v) is 15.4. The lowest BCUT2D eigenvalue weighted by molar-refractivity contribution is 0.425. The largest absolute Gasteiger partial charge is 0.368 e. The molecule has 2 aromatic carbocycles. The summed E-state index contributed by atoms with van der Waals surface area (Å²) in [5.41, 5.74) is 6.06. The van der Waals surface area contributed by atoms with Crippen LogP contribution in [0.25, 0.3) is 10.9 Å². The third-order valence-electron chi connectivity index (χ3n) is 3.91. The molecule has 134 valence electrons. The van der Waals surface area contributed by atoms with E-state index in [4.69, 9.17) is 0 Å². The molecule has 0 atom stereocenters. The van der Waals surface area contributed by atoms with Gasteiger partial charge in [0.25, 0.3) is 0 Å². The fourth-order valence-corrected chi connectivity index (χ4v) is 2.48. The van der Waals surface area contributed by atoms with Gasteiger partial charge in [0, 0.05) is 18.5 Å². The highest BCUT2D eigenvalue weighted by Crippen LogP contribution is 2.21. The molecule has 0 aliphatic rings. The fourth-order valence-electron chi connectivity index (χ4n) is 2.48. The van der Waals surface area contributed by atoms with E-state index < -0.39 is 0 Å². The number of benzene rings is 2. The summed E-state index contributed by atoms with van der Waals surface area (Å²) < 4.78 is 0. The Labute approximate surface area is 154 Å². The monoisotopic (exact) mass is 348 g/mol. The summed E-state index contributed by atoms with van der Waals surface area (Å²) >= 11 is 0. The van der Waals surface area contributed by atoms with Crippen molar-refractivity contribution in [1.29, 1.82) is 0 Å². The van der Waals surface area contributed by atoms with Gasteiger partial charge in [0.15, 0.2) is 0 Å². The standard InChI is InChI=1S/C20H24N6/c1-15-8-10-16(11-9-15)14-22-25-20-23-18-7-5-4-6-17(18)19(24-20)21-12-13-26(2)3/h4-11,14H,12-13H2,1-3H3,(H2,21,23,24,25). The lowest BCUT2D eigenvalue weighted by Crippen LogP contribution is -2.21. The van der Waals surface area contributed by atoms with Crippen molar-refractivity contribution in [3.05, 3.63) is 59.7 Å². The third-order valence-corrected chi connectivity index (χ3v) is 3.91. The summed E-state index contributed by atoms with van der Waals surface area (Å²) in [5, 5.41) is 8.65. The first-order valence-electron chi connectivity index (χ1n) is 8.63. The van der Waals surface area contributed by atoms with Crippen molar-refractivity contribution in [3.8, 4) is 0 Å². The average Bonchev–Trinajstić information content (AvgIpc) is 2.63. The molecule has 0 aliphatic carbocycles. The van der Waals surface area contributed by atoms with Crippen LogP contribution in [-0.2, 0) is 0 Å². The van der Waals surface area contributed by atoms with E-state index in [1.165, 1.54) is 5.56 Å². The Bertz CT molecular complexity index is 886. The summed E-state index contributed by atoms with van der Waals surface area (Å²) in [6, 6.07) is 16.1. The van der Waals surface area contributed by atoms with Crippen LogP contribution in [0.3, 0.4) is 0 Å². The Morgan fingerprint density at radius 2 is 1.81 bits per heavy atom. The predicted octanol–water partition coefficient (Wildman–Crippen LogP) is 3.36. The second kappa shape index (κ2) is 8.40. The number of nitrogens with one attached hydrogen (secondary N) is 2. The highest BCUT2D eigenvalue weighted by molar-refractivity contribution is 5.90. The molecule has 6 nitrogen and oxygen atoms in total. The van der Waals surface area contributed by atoms with Gasteiger partial charge in [0.2, 0.25) is 5.95 Å². The minimum Gasteiger partial charge on any atom is -0.368 e. The van der Waals surface area contributed by atoms with Gasteiger partial charge < -0.3 is 10.2 Å². The van der Waals surface area contributed by atoms with Crippen LogP contribution in [0.15, 0.2) is 53.6 Å². The van der Waals surface area contributed by atoms with Crippen molar-refractivity contribution >= 4 is 28.9 Å². The van der Waals surface area contributed by atoms with Gasteiger partial charge in [-0.2, -0.15) is 10.1 Å². The van der Waals surface area contributed by atoms with E-state index in [0.29, 0.717) is 5.95 Å². The number of para-hydroxylation sites is 1. The predicted molar refractivity (Wildman–Crippen MR) is 109 cm³/mol. The highest BCUT2D eigenvalue weighted by Gasteiger charge is 2.06. The molecule has 1 heterocycles. The van der Waals surface area contributed by atoms with Crippen LogP contribution in [0, 0.1) is 6.92 Å². The van der Waals surface area contributed by atoms with Gasteiger partial charge in [-0.1, -0.05) is 42.0 Å². The number of aromatic nitrogens is 2. The normalized spacial score (nSPS) is 11.4. The maximum atomic E-state index is 4.58. The van der Waals surface area contributed by atoms with Crippen molar-refractivity contribution in [2.75, 3.05) is 37.9 Å². The van der Waals surface area contributed by atoms with Crippen LogP contribution >= 0.6 is 0 Å². The van der Waals surface area contributed by atoms with Crippen molar-refractivity contribution in [3.63, 3.8) is 0 Å². The summed E-state index contributed by atoms with van der Waals surface area (Å²) in [4.78, 5) is 11.2. The fraction of sp³-hybridized carbons (Fsp3) is 0.250. The minimum absolute atomic E-state index is 0.472. The molecule has 0 bridgehead atoms. The summed E-state index contributed by atoms with van der Waals surface area (Å²) in [6.45, 7) is 3.79. The van der Waals surface area contributed by atoms with E-state index in [2.05, 4.69) is 49.8 Å². The van der Waals surface area contributed by atoms with Crippen LogP contribution in [0.5, 0.6) is 0 Å². The molecule has 3 aromatic rings. The molecule has 0 radical (unpaired) electrons. The lowest BCUT2D eigenvalue weighted by Gasteiger charge is -2.13. The number of rotatable bonds is 7. The van der Waals surface area contributed by atoms with Gasteiger partial charge in [0.1, 0.15) is 5.82 Å². The van der Waals surface area contributed by atoms with Crippen LogP contribution in [0.1, 0.15) is 11.1 Å². The number of hydrogen-bond donors (Lipinski definition) is 2. The molecular formula is C20H24N6. The van der Waals surface area contributed by atoms with Crippen LogP contribution in [0.4, 0.5) is 11.8 Å². The second-order valence-corrected chi connectivity index (χ2v) is 6.42. The summed E-state index contributed by atoms with van der Waals surface area (Å²) in [6.07, 6.45) is 1.76. The number of fused-ring (bicyclic) bond motifs is 1. The first-order chi connectivity index (χ1) is 12.6. The Morgan fingerprint density at radius 1 is 1.04 bits per heavy atom. The Kier molecular flexibility index (Phi) is 5.76. The quantitative estimate of drug-likeness (QED) is 0.506. The second-order valence-electron chi connectivity index (χ2n) is 6.42. The number of aryl methyl sites for hydroxylation is 1. The molecule has 0 spiro atoms. The van der Waals surface area contributed by atoms with E-state index in [1.54, 1.807) is 6.21 Å². The van der Waals surface area contributed by atoms with Gasteiger partial charge in [-0.3, -0.25) is 0 Å². The first kappa shape index (κ1) is 17.8. The maximum absolute atomic E-state index is 4.58. The molecule has 0 saturated heterocycles. The molecule has 0 saturated carbocycles. The smallest absolute Gasteiger partial charge is 0.246 e. The number of hydrogen-bond acceptors (Lipinski definition) is 6. The van der Waals surface area contributed by atoms with Crippen LogP contribution < -0.4 is 10.7 Å². The van der Waals surface area contributed by atoms with E-state index in [9.17, 15) is 0 Å². The van der Waals surface area contributed by atoms with E-state index >= 15 is 0 Å². The first-order valence-corrected chi connectivity index (χ1v) is 8.63. The molecule has 1 aromatic heterocycles. The average molecular weight is 348 g/mol. The zero-order valence-electron chi connectivity index (χ0n) is 15.4. The molecule has 3 rings (SSSR count). The molecule has 26 heavy (non-hydrogen) atoms. The van der Waals surface area contributed by atoms with E-state index in [1.807, 2.05) is 50.5 Å². The Hall–Kier alpha value is -2.99. The topological polar surface area (TPSA) is 65.4 Å². The van der Waals surface area contributed by atoms with Gasteiger partial charge in [0.05, 0.1) is 11.7 Å². The SMILES string of the molecule is Cc1ccc(C=NNc2nc(NCCN(C)C)c3ccccc3n2)cc1. The van der Waals surface area contributed by atoms with Crippen molar-refractivity contribution in [2.24, 2.45) is 5.10 Å². The van der Waals surface area contributed by atoms with Crippen molar-refractivity contribution in [1.82, 2.24) is 14.9 Å². The number of nitrogens with zero attached hydrogens (tertiary/aromatic N) is 4. The number of hydrazone groups is 1. The molecule has 6 heteroatoms. The van der Waals surface area contributed by atoms with E-state index in [0.717, 1.165) is 35.4 Å². The summed E-state index contributed by atoms with van der Waals surface area (Å²) in [5.74, 6) is 1.28. The Morgan fingerprint density at radius 3 is 2.58 bits per heavy atom. The Balaban J connectivity index is 1.78. The molecule has 0 fully saturated rings. The number of anilines is 2. The van der Waals surface area contributed by atoms with Gasteiger partial charge in [-0.15, -0.1) is 0 Å². The molecular weight excluding hydrogens is 324 g/mol. The molecule has 2 N–H and O–H groups in total. The maximum Gasteiger partial charge on any atom is 0.246 e.